The van der Waals surface area contributed by atoms with Gasteiger partial charge >= 0.3 is 0 Å². The zero-order chi connectivity index (χ0) is 15.4. The molecule has 1 amide bonds. The SMILES string of the molecule is CCN(c1ccc(C(=O)NCC(N)C2CC2)cc1)C(C)C. The average molecular weight is 289 g/mol. The molecule has 1 unspecified atom stereocenters. The number of nitrogens with two attached hydrogens (primary N) is 1. The molecule has 4 nitrogen and oxygen atoms in total. The van der Waals surface area contributed by atoms with Crippen molar-refractivity contribution in [3.8, 4) is 0 Å². The Bertz CT molecular complexity index is 465. The van der Waals surface area contributed by atoms with Gasteiger partial charge in [-0.2, -0.15) is 0 Å². The van der Waals surface area contributed by atoms with Crippen molar-refractivity contribution in [1.29, 1.82) is 0 Å². The molecule has 0 bridgehead atoms. The van der Waals surface area contributed by atoms with Gasteiger partial charge in [0.2, 0.25) is 0 Å². The predicted octanol–water partition coefficient (Wildman–Crippen LogP) is 2.39. The van der Waals surface area contributed by atoms with Crippen LogP contribution in [0.15, 0.2) is 24.3 Å². The molecule has 1 fully saturated rings. The van der Waals surface area contributed by atoms with Gasteiger partial charge in [0.1, 0.15) is 0 Å². The number of amides is 1. The van der Waals surface area contributed by atoms with Gasteiger partial charge in [0.15, 0.2) is 0 Å². The van der Waals surface area contributed by atoms with E-state index in [9.17, 15) is 4.79 Å². The van der Waals surface area contributed by atoms with Crippen LogP contribution in [0.25, 0.3) is 0 Å². The summed E-state index contributed by atoms with van der Waals surface area (Å²) < 4.78 is 0. The number of benzene rings is 1. The third kappa shape index (κ3) is 4.21. The lowest BCUT2D eigenvalue weighted by atomic mass is 10.1. The van der Waals surface area contributed by atoms with E-state index < -0.39 is 0 Å². The standard InChI is InChI=1S/C17H27N3O/c1-4-20(12(2)3)15-9-7-14(8-10-15)17(21)19-11-16(18)13-5-6-13/h7-10,12-13,16H,4-6,11,18H2,1-3H3,(H,19,21). The van der Waals surface area contributed by atoms with Gasteiger partial charge in [-0.05, 0) is 63.8 Å². The number of hydrogen-bond acceptors (Lipinski definition) is 3. The van der Waals surface area contributed by atoms with Crippen LogP contribution in [0, 0.1) is 5.92 Å². The highest BCUT2D eigenvalue weighted by atomic mass is 16.1. The molecule has 0 heterocycles. The molecular weight excluding hydrogens is 262 g/mol. The number of carbonyl (C=O) groups is 1. The van der Waals surface area contributed by atoms with Gasteiger partial charge < -0.3 is 16.0 Å². The lowest BCUT2D eigenvalue weighted by Gasteiger charge is -2.27. The average Bonchev–Trinajstić information content (AvgIpc) is 3.30. The smallest absolute Gasteiger partial charge is 0.251 e. The minimum Gasteiger partial charge on any atom is -0.369 e. The van der Waals surface area contributed by atoms with Gasteiger partial charge in [0.05, 0.1) is 0 Å². The van der Waals surface area contributed by atoms with E-state index in [0.717, 1.165) is 12.2 Å². The third-order valence-electron chi connectivity index (χ3n) is 4.15. The quantitative estimate of drug-likeness (QED) is 0.810. The minimum atomic E-state index is -0.0368. The summed E-state index contributed by atoms with van der Waals surface area (Å²) in [6.45, 7) is 8.00. The fourth-order valence-electron chi connectivity index (χ4n) is 2.65. The first-order valence-electron chi connectivity index (χ1n) is 7.93. The van der Waals surface area contributed by atoms with E-state index in [0.29, 0.717) is 24.1 Å². The molecule has 0 aliphatic heterocycles. The van der Waals surface area contributed by atoms with Crippen LogP contribution in [0.2, 0.25) is 0 Å². The van der Waals surface area contributed by atoms with Gasteiger partial charge in [-0.3, -0.25) is 4.79 Å². The monoisotopic (exact) mass is 289 g/mol. The van der Waals surface area contributed by atoms with Crippen molar-refractivity contribution in [1.82, 2.24) is 5.32 Å². The molecule has 0 aromatic heterocycles. The fraction of sp³-hybridized carbons (Fsp3) is 0.588. The summed E-state index contributed by atoms with van der Waals surface area (Å²) in [6.07, 6.45) is 2.40. The summed E-state index contributed by atoms with van der Waals surface area (Å²) in [5.74, 6) is 0.571. The van der Waals surface area contributed by atoms with Gasteiger partial charge in [-0.25, -0.2) is 0 Å². The Balaban J connectivity index is 1.92. The van der Waals surface area contributed by atoms with Crippen molar-refractivity contribution in [3.63, 3.8) is 0 Å². The second kappa shape index (κ2) is 6.94. The molecule has 1 aromatic rings. The maximum Gasteiger partial charge on any atom is 0.251 e. The molecule has 0 radical (unpaired) electrons. The van der Waals surface area contributed by atoms with Gasteiger partial charge in [0.25, 0.3) is 5.91 Å². The predicted molar refractivity (Wildman–Crippen MR) is 87.6 cm³/mol. The van der Waals surface area contributed by atoms with Crippen LogP contribution in [0.1, 0.15) is 44.0 Å². The molecule has 1 aliphatic rings. The van der Waals surface area contributed by atoms with Crippen molar-refractivity contribution in [2.24, 2.45) is 11.7 Å². The zero-order valence-corrected chi connectivity index (χ0v) is 13.3. The zero-order valence-electron chi connectivity index (χ0n) is 13.3. The lowest BCUT2D eigenvalue weighted by molar-refractivity contribution is 0.0950. The van der Waals surface area contributed by atoms with Gasteiger partial charge in [-0.1, -0.05) is 0 Å². The largest absolute Gasteiger partial charge is 0.369 e. The molecule has 1 atom stereocenters. The number of hydrogen-bond donors (Lipinski definition) is 2. The van der Waals surface area contributed by atoms with Crippen LogP contribution in [0.4, 0.5) is 5.69 Å². The number of anilines is 1. The molecule has 2 rings (SSSR count). The summed E-state index contributed by atoms with van der Waals surface area (Å²) in [5.41, 5.74) is 7.85. The maximum absolute atomic E-state index is 12.1. The third-order valence-corrected chi connectivity index (χ3v) is 4.15. The Morgan fingerprint density at radius 2 is 1.95 bits per heavy atom. The van der Waals surface area contributed by atoms with Crippen molar-refractivity contribution in [2.75, 3.05) is 18.0 Å². The molecule has 21 heavy (non-hydrogen) atoms. The molecule has 116 valence electrons. The van der Waals surface area contributed by atoms with Crippen LogP contribution in [0.5, 0.6) is 0 Å². The molecule has 0 saturated heterocycles. The lowest BCUT2D eigenvalue weighted by Crippen LogP contribution is -2.38. The van der Waals surface area contributed by atoms with Crippen LogP contribution in [-0.2, 0) is 0 Å². The van der Waals surface area contributed by atoms with E-state index in [1.807, 2.05) is 24.3 Å². The first-order valence-corrected chi connectivity index (χ1v) is 7.93. The molecular formula is C17H27N3O. The fourth-order valence-corrected chi connectivity index (χ4v) is 2.65. The Labute approximate surface area is 127 Å². The van der Waals surface area contributed by atoms with E-state index in [-0.39, 0.29) is 11.9 Å². The first-order chi connectivity index (χ1) is 10.0. The van der Waals surface area contributed by atoms with Crippen LogP contribution < -0.4 is 16.0 Å². The Kier molecular flexibility index (Phi) is 5.23. The number of carbonyl (C=O) groups excluding carboxylic acids is 1. The van der Waals surface area contributed by atoms with Crippen molar-refractivity contribution < 1.29 is 4.79 Å². The van der Waals surface area contributed by atoms with Crippen molar-refractivity contribution in [3.05, 3.63) is 29.8 Å². The summed E-state index contributed by atoms with van der Waals surface area (Å²) in [6, 6.07) is 8.35. The second-order valence-corrected chi connectivity index (χ2v) is 6.14. The van der Waals surface area contributed by atoms with Crippen LogP contribution in [0.3, 0.4) is 0 Å². The van der Waals surface area contributed by atoms with Gasteiger partial charge in [0, 0.05) is 36.4 Å². The van der Waals surface area contributed by atoms with Crippen molar-refractivity contribution >= 4 is 11.6 Å². The molecule has 1 aliphatic carbocycles. The van der Waals surface area contributed by atoms with E-state index in [1.54, 1.807) is 0 Å². The second-order valence-electron chi connectivity index (χ2n) is 6.14. The molecule has 0 spiro atoms. The number of rotatable bonds is 7. The van der Waals surface area contributed by atoms with E-state index in [2.05, 4.69) is 31.0 Å². The highest BCUT2D eigenvalue weighted by molar-refractivity contribution is 5.94. The molecule has 1 aromatic carbocycles. The summed E-state index contributed by atoms with van der Waals surface area (Å²) in [5, 5.41) is 2.93. The van der Waals surface area contributed by atoms with Crippen LogP contribution >= 0.6 is 0 Å². The maximum atomic E-state index is 12.1. The van der Waals surface area contributed by atoms with Gasteiger partial charge in [-0.15, -0.1) is 0 Å². The topological polar surface area (TPSA) is 58.4 Å². The Morgan fingerprint density at radius 3 is 2.43 bits per heavy atom. The minimum absolute atomic E-state index is 0.0368. The highest BCUT2D eigenvalue weighted by Gasteiger charge is 2.28. The van der Waals surface area contributed by atoms with Crippen LogP contribution in [-0.4, -0.2) is 31.1 Å². The summed E-state index contributed by atoms with van der Waals surface area (Å²) in [7, 11) is 0. The normalized spacial score (nSPS) is 15.9. The molecule has 1 saturated carbocycles. The number of nitrogens with zero attached hydrogens (tertiary/aromatic N) is 1. The van der Waals surface area contributed by atoms with E-state index >= 15 is 0 Å². The van der Waals surface area contributed by atoms with Crippen molar-refractivity contribution in [2.45, 2.75) is 45.7 Å². The summed E-state index contributed by atoms with van der Waals surface area (Å²) >= 11 is 0. The molecule has 3 N–H and O–H groups in total. The Hall–Kier alpha value is -1.55. The summed E-state index contributed by atoms with van der Waals surface area (Å²) in [4.78, 5) is 14.4. The van der Waals surface area contributed by atoms with E-state index in [4.69, 9.17) is 5.73 Å². The molecule has 4 heteroatoms. The highest BCUT2D eigenvalue weighted by Crippen LogP contribution is 2.31. The first kappa shape index (κ1) is 15.8. The van der Waals surface area contributed by atoms with E-state index in [1.165, 1.54) is 12.8 Å². The Morgan fingerprint density at radius 1 is 1.33 bits per heavy atom. The number of nitrogens with one attached hydrogen (secondary N) is 1.